The molecule has 2 rings (SSSR count). The van der Waals surface area contributed by atoms with Gasteiger partial charge in [0.2, 0.25) is 0 Å². The second-order valence-corrected chi connectivity index (χ2v) is 3.61. The highest BCUT2D eigenvalue weighted by atomic mass is 14.1. The third kappa shape index (κ3) is 2.27. The lowest BCUT2D eigenvalue weighted by atomic mass is 9.89. The summed E-state index contributed by atoms with van der Waals surface area (Å²) in [5, 5.41) is 0. The lowest BCUT2D eigenvalue weighted by Crippen LogP contribution is -1.98. The monoisotopic (exact) mass is 194 g/mol. The van der Waals surface area contributed by atoms with Crippen LogP contribution in [0.5, 0.6) is 0 Å². The van der Waals surface area contributed by atoms with Crippen molar-refractivity contribution in [3.63, 3.8) is 0 Å². The molecule has 0 saturated carbocycles. The first-order valence-electron chi connectivity index (χ1n) is 5.22. The maximum absolute atomic E-state index is 5.84. The molecule has 0 N–H and O–H groups in total. The van der Waals surface area contributed by atoms with Crippen molar-refractivity contribution in [1.29, 1.82) is 0 Å². The van der Waals surface area contributed by atoms with Crippen LogP contribution in [0.4, 0.5) is 0 Å². The predicted molar refractivity (Wildman–Crippen MR) is 63.6 cm³/mol. The van der Waals surface area contributed by atoms with Crippen LogP contribution in [0.3, 0.4) is 0 Å². The SMILES string of the molecule is [CH]CC(c1ccccc1)c1ccccc1. The standard InChI is InChI=1S/C15H14/c1-2-15(13-9-5-3-6-10-13)14-11-7-4-8-12-14/h1,3-12,15H,2H2. The van der Waals surface area contributed by atoms with E-state index in [0.717, 1.165) is 0 Å². The lowest BCUT2D eigenvalue weighted by molar-refractivity contribution is 0.827. The van der Waals surface area contributed by atoms with E-state index in [1.165, 1.54) is 11.1 Å². The Hall–Kier alpha value is -1.56. The third-order valence-electron chi connectivity index (χ3n) is 2.64. The van der Waals surface area contributed by atoms with Gasteiger partial charge in [-0.2, -0.15) is 0 Å². The molecule has 0 aliphatic rings. The molecule has 2 aromatic carbocycles. The molecular weight excluding hydrogens is 180 g/mol. The first-order valence-corrected chi connectivity index (χ1v) is 5.22. The van der Waals surface area contributed by atoms with Crippen molar-refractivity contribution >= 4 is 0 Å². The summed E-state index contributed by atoms with van der Waals surface area (Å²) in [4.78, 5) is 0. The number of hydrogen-bond donors (Lipinski definition) is 0. The molecule has 0 aliphatic carbocycles. The average Bonchev–Trinajstić information content (AvgIpc) is 2.33. The van der Waals surface area contributed by atoms with Crippen LogP contribution in [0.1, 0.15) is 23.5 Å². The largest absolute Gasteiger partial charge is 0.0622 e. The maximum atomic E-state index is 5.84. The van der Waals surface area contributed by atoms with Crippen LogP contribution in [0.2, 0.25) is 0 Å². The number of rotatable bonds is 3. The van der Waals surface area contributed by atoms with Crippen LogP contribution in [0.15, 0.2) is 60.7 Å². The van der Waals surface area contributed by atoms with E-state index in [9.17, 15) is 0 Å². The van der Waals surface area contributed by atoms with Crippen LogP contribution in [0, 0.1) is 6.92 Å². The van der Waals surface area contributed by atoms with Crippen molar-refractivity contribution in [2.45, 2.75) is 12.3 Å². The highest BCUT2D eigenvalue weighted by Crippen LogP contribution is 2.26. The van der Waals surface area contributed by atoms with Gasteiger partial charge in [-0.05, 0) is 24.5 Å². The summed E-state index contributed by atoms with van der Waals surface area (Å²) in [6.45, 7) is 5.84. The summed E-state index contributed by atoms with van der Waals surface area (Å²) in [5.74, 6) is 0.312. The Bertz CT molecular complexity index is 349. The van der Waals surface area contributed by atoms with E-state index in [4.69, 9.17) is 6.92 Å². The zero-order valence-corrected chi connectivity index (χ0v) is 8.64. The summed E-state index contributed by atoms with van der Waals surface area (Å²) >= 11 is 0. The van der Waals surface area contributed by atoms with Gasteiger partial charge in [0, 0.05) is 5.92 Å². The van der Waals surface area contributed by atoms with Gasteiger partial charge < -0.3 is 0 Å². The molecule has 0 fully saturated rings. The molecule has 0 nitrogen and oxygen atoms in total. The van der Waals surface area contributed by atoms with Gasteiger partial charge in [0.1, 0.15) is 0 Å². The molecule has 0 heteroatoms. The highest BCUT2D eigenvalue weighted by molar-refractivity contribution is 5.32. The second kappa shape index (κ2) is 4.79. The maximum Gasteiger partial charge on any atom is 0.00921 e. The Kier molecular flexibility index (Phi) is 3.18. The molecule has 0 atom stereocenters. The van der Waals surface area contributed by atoms with Crippen LogP contribution in [-0.2, 0) is 0 Å². The van der Waals surface area contributed by atoms with E-state index in [1.54, 1.807) is 0 Å². The summed E-state index contributed by atoms with van der Waals surface area (Å²) in [7, 11) is 0. The normalized spacial score (nSPS) is 10.5. The fourth-order valence-corrected chi connectivity index (χ4v) is 1.84. The summed E-state index contributed by atoms with van der Waals surface area (Å²) < 4.78 is 0. The Balaban J connectivity index is 2.34. The molecule has 15 heavy (non-hydrogen) atoms. The Labute approximate surface area is 91.6 Å². The van der Waals surface area contributed by atoms with E-state index >= 15 is 0 Å². The zero-order chi connectivity index (χ0) is 10.5. The van der Waals surface area contributed by atoms with Crippen molar-refractivity contribution in [1.82, 2.24) is 0 Å². The predicted octanol–water partition coefficient (Wildman–Crippen LogP) is 3.92. The highest BCUT2D eigenvalue weighted by Gasteiger charge is 2.10. The van der Waals surface area contributed by atoms with Gasteiger partial charge in [0.15, 0.2) is 0 Å². The fraction of sp³-hybridized carbons (Fsp3) is 0.133. The Morgan fingerprint density at radius 2 is 1.13 bits per heavy atom. The van der Waals surface area contributed by atoms with Gasteiger partial charge in [0.05, 0.1) is 0 Å². The summed E-state index contributed by atoms with van der Waals surface area (Å²) in [6, 6.07) is 20.8. The topological polar surface area (TPSA) is 0 Å². The van der Waals surface area contributed by atoms with E-state index < -0.39 is 0 Å². The van der Waals surface area contributed by atoms with Gasteiger partial charge in [-0.3, -0.25) is 0 Å². The summed E-state index contributed by atoms with van der Waals surface area (Å²) in [6.07, 6.45) is 0.647. The minimum atomic E-state index is 0.312. The Morgan fingerprint density at radius 3 is 1.47 bits per heavy atom. The fourth-order valence-electron chi connectivity index (χ4n) is 1.84. The smallest absolute Gasteiger partial charge is 0.00921 e. The van der Waals surface area contributed by atoms with Gasteiger partial charge in [0.25, 0.3) is 0 Å². The molecule has 0 spiro atoms. The molecule has 0 saturated heterocycles. The molecule has 74 valence electrons. The van der Waals surface area contributed by atoms with Crippen molar-refractivity contribution in [3.05, 3.63) is 78.7 Å². The second-order valence-electron chi connectivity index (χ2n) is 3.61. The molecule has 0 heterocycles. The quantitative estimate of drug-likeness (QED) is 0.694. The molecular formula is C15H14. The first kappa shape index (κ1) is 9.97. The van der Waals surface area contributed by atoms with Crippen molar-refractivity contribution in [3.8, 4) is 0 Å². The molecule has 2 radical (unpaired) electrons. The summed E-state index contributed by atoms with van der Waals surface area (Å²) in [5.41, 5.74) is 2.57. The molecule has 0 bridgehead atoms. The van der Waals surface area contributed by atoms with Gasteiger partial charge >= 0.3 is 0 Å². The van der Waals surface area contributed by atoms with Gasteiger partial charge in [-0.15, -0.1) is 0 Å². The van der Waals surface area contributed by atoms with Crippen molar-refractivity contribution in [2.24, 2.45) is 0 Å². The minimum Gasteiger partial charge on any atom is -0.0622 e. The Morgan fingerprint density at radius 1 is 0.733 bits per heavy atom. The van der Waals surface area contributed by atoms with E-state index in [0.29, 0.717) is 12.3 Å². The van der Waals surface area contributed by atoms with E-state index in [1.807, 2.05) is 12.1 Å². The molecule has 0 aromatic heterocycles. The number of benzene rings is 2. The van der Waals surface area contributed by atoms with Crippen LogP contribution in [-0.4, -0.2) is 0 Å². The minimum absolute atomic E-state index is 0.312. The molecule has 0 unspecified atom stereocenters. The molecule has 0 amide bonds. The van der Waals surface area contributed by atoms with Crippen LogP contribution in [0.25, 0.3) is 0 Å². The van der Waals surface area contributed by atoms with E-state index in [2.05, 4.69) is 48.5 Å². The van der Waals surface area contributed by atoms with Gasteiger partial charge in [-0.25, -0.2) is 0 Å². The van der Waals surface area contributed by atoms with Crippen molar-refractivity contribution in [2.75, 3.05) is 0 Å². The van der Waals surface area contributed by atoms with E-state index in [-0.39, 0.29) is 0 Å². The lowest BCUT2D eigenvalue weighted by Gasteiger charge is -2.15. The van der Waals surface area contributed by atoms with Gasteiger partial charge in [-0.1, -0.05) is 60.7 Å². The third-order valence-corrected chi connectivity index (χ3v) is 2.64. The van der Waals surface area contributed by atoms with Crippen LogP contribution < -0.4 is 0 Å². The average molecular weight is 194 g/mol. The molecule has 0 aliphatic heterocycles. The van der Waals surface area contributed by atoms with Crippen LogP contribution >= 0.6 is 0 Å². The van der Waals surface area contributed by atoms with Crippen molar-refractivity contribution < 1.29 is 0 Å². The first-order chi connectivity index (χ1) is 7.42. The molecule has 2 aromatic rings. The number of hydrogen-bond acceptors (Lipinski definition) is 0. The zero-order valence-electron chi connectivity index (χ0n) is 8.64.